The van der Waals surface area contributed by atoms with E-state index in [1.807, 2.05) is 18.5 Å². The van der Waals surface area contributed by atoms with Gasteiger partial charge in [0.05, 0.1) is 25.5 Å². The van der Waals surface area contributed by atoms with Crippen molar-refractivity contribution in [1.29, 1.82) is 5.26 Å². The molecule has 0 atom stereocenters. The summed E-state index contributed by atoms with van der Waals surface area (Å²) in [6, 6.07) is 4.55. The molecule has 5 heterocycles. The summed E-state index contributed by atoms with van der Waals surface area (Å²) in [7, 11) is 1.62. The molecular formula is C21H25N7O. The fraction of sp³-hybridized carbons (Fsp3) is 0.476. The summed E-state index contributed by atoms with van der Waals surface area (Å²) in [5, 5.41) is 21.7. The van der Waals surface area contributed by atoms with E-state index in [1.165, 1.54) is 0 Å². The first-order valence-electron chi connectivity index (χ1n) is 9.94. The maximum Gasteiger partial charge on any atom is 0.146 e. The first-order valence-corrected chi connectivity index (χ1v) is 9.94. The Kier molecular flexibility index (Phi) is 4.12. The van der Waals surface area contributed by atoms with Gasteiger partial charge in [-0.05, 0) is 13.0 Å². The van der Waals surface area contributed by atoms with E-state index in [4.69, 9.17) is 9.84 Å². The van der Waals surface area contributed by atoms with Crippen molar-refractivity contribution in [3.05, 3.63) is 35.9 Å². The molecule has 0 bridgehead atoms. The second kappa shape index (κ2) is 6.58. The molecule has 2 fully saturated rings. The molecule has 2 aliphatic rings. The van der Waals surface area contributed by atoms with Crippen LogP contribution in [0.2, 0.25) is 0 Å². The highest BCUT2D eigenvalue weighted by molar-refractivity contribution is 5.75. The van der Waals surface area contributed by atoms with Crippen LogP contribution in [0, 0.1) is 23.7 Å². The molecule has 0 aliphatic carbocycles. The van der Waals surface area contributed by atoms with E-state index < -0.39 is 0 Å². The Bertz CT molecular complexity index is 1110. The van der Waals surface area contributed by atoms with Gasteiger partial charge in [0, 0.05) is 61.2 Å². The first-order chi connectivity index (χ1) is 14.0. The summed E-state index contributed by atoms with van der Waals surface area (Å²) in [4.78, 5) is 2.52. The summed E-state index contributed by atoms with van der Waals surface area (Å²) in [6.45, 7) is 9.94. The van der Waals surface area contributed by atoms with Crippen molar-refractivity contribution >= 4 is 5.52 Å². The quantitative estimate of drug-likeness (QED) is 0.715. The Balaban J connectivity index is 1.39. The summed E-state index contributed by atoms with van der Waals surface area (Å²) < 4.78 is 9.40. The molecule has 3 aromatic heterocycles. The highest BCUT2D eigenvalue weighted by Crippen LogP contribution is 2.34. The van der Waals surface area contributed by atoms with Crippen LogP contribution >= 0.6 is 0 Å². The van der Waals surface area contributed by atoms with Crippen LogP contribution in [-0.2, 0) is 0 Å². The molecular weight excluding hydrogens is 366 g/mol. The predicted octanol–water partition coefficient (Wildman–Crippen LogP) is 1.85. The van der Waals surface area contributed by atoms with Gasteiger partial charge >= 0.3 is 0 Å². The van der Waals surface area contributed by atoms with Crippen LogP contribution in [0.25, 0.3) is 16.6 Å². The van der Waals surface area contributed by atoms with Crippen molar-refractivity contribution in [3.8, 4) is 22.9 Å². The van der Waals surface area contributed by atoms with Gasteiger partial charge in [0.15, 0.2) is 0 Å². The minimum Gasteiger partial charge on any atom is -0.494 e. The van der Waals surface area contributed by atoms with Crippen LogP contribution in [0.15, 0.2) is 24.7 Å². The number of pyridine rings is 1. The molecule has 29 heavy (non-hydrogen) atoms. The Morgan fingerprint density at radius 3 is 2.76 bits per heavy atom. The number of methoxy groups -OCH3 is 1. The summed E-state index contributed by atoms with van der Waals surface area (Å²) in [6.07, 6.45) is 5.42. The molecule has 2 saturated heterocycles. The molecule has 0 spiro atoms. The van der Waals surface area contributed by atoms with Crippen LogP contribution < -0.4 is 10.1 Å². The van der Waals surface area contributed by atoms with E-state index in [-0.39, 0.29) is 0 Å². The largest absolute Gasteiger partial charge is 0.494 e. The fourth-order valence-electron chi connectivity index (χ4n) is 4.57. The number of nitrogens with one attached hydrogen (secondary N) is 1. The third-order valence-electron chi connectivity index (χ3n) is 6.27. The van der Waals surface area contributed by atoms with Gasteiger partial charge in [-0.2, -0.15) is 15.5 Å². The molecule has 150 valence electrons. The number of ether oxygens (including phenoxy) is 1. The molecule has 2 aliphatic heterocycles. The number of hydrogen-bond acceptors (Lipinski definition) is 6. The number of nitriles is 1. The molecule has 5 rings (SSSR count). The average Bonchev–Trinajstić information content (AvgIpc) is 3.25. The number of rotatable bonds is 5. The number of fused-ring (bicyclic) bond motifs is 1. The highest BCUT2D eigenvalue weighted by Gasteiger charge is 2.38. The van der Waals surface area contributed by atoms with Gasteiger partial charge in [0.2, 0.25) is 0 Å². The Hall–Kier alpha value is -2.89. The van der Waals surface area contributed by atoms with Gasteiger partial charge in [-0.15, -0.1) is 0 Å². The minimum absolute atomic E-state index is 0.418. The number of hydrogen-bond donors (Lipinski definition) is 1. The Morgan fingerprint density at radius 2 is 2.10 bits per heavy atom. The van der Waals surface area contributed by atoms with Crippen molar-refractivity contribution in [1.82, 2.24) is 29.6 Å². The maximum absolute atomic E-state index is 9.30. The highest BCUT2D eigenvalue weighted by atomic mass is 16.5. The summed E-state index contributed by atoms with van der Waals surface area (Å²) in [5.41, 5.74) is 4.80. The van der Waals surface area contributed by atoms with Gasteiger partial charge in [0.1, 0.15) is 22.9 Å². The van der Waals surface area contributed by atoms with Crippen molar-refractivity contribution < 1.29 is 4.74 Å². The van der Waals surface area contributed by atoms with E-state index in [9.17, 15) is 5.26 Å². The molecule has 3 aromatic rings. The van der Waals surface area contributed by atoms with Gasteiger partial charge in [0.25, 0.3) is 0 Å². The summed E-state index contributed by atoms with van der Waals surface area (Å²) >= 11 is 0. The number of nitrogens with zero attached hydrogens (tertiary/aromatic N) is 6. The van der Waals surface area contributed by atoms with Gasteiger partial charge in [-0.3, -0.25) is 9.58 Å². The topological polar surface area (TPSA) is 83.4 Å². The van der Waals surface area contributed by atoms with E-state index in [2.05, 4.69) is 39.9 Å². The lowest BCUT2D eigenvalue weighted by atomic mass is 9.82. The van der Waals surface area contributed by atoms with Gasteiger partial charge in [-0.1, -0.05) is 6.92 Å². The van der Waals surface area contributed by atoms with Crippen LogP contribution in [0.5, 0.6) is 5.75 Å². The van der Waals surface area contributed by atoms with E-state index in [0.29, 0.717) is 28.3 Å². The SMILES string of the molecule is COc1cc(-c2cnn(C3CN(CC4(C)CNC4)C3)c2C)cn2ncc(C#N)c12. The van der Waals surface area contributed by atoms with Crippen molar-refractivity contribution in [2.75, 3.05) is 39.8 Å². The van der Waals surface area contributed by atoms with Gasteiger partial charge < -0.3 is 10.1 Å². The normalized spacial score (nSPS) is 19.0. The zero-order valence-electron chi connectivity index (χ0n) is 17.0. The molecule has 8 nitrogen and oxygen atoms in total. The average molecular weight is 391 g/mol. The van der Waals surface area contributed by atoms with E-state index >= 15 is 0 Å². The Labute approximate surface area is 169 Å². The standard InChI is InChI=1S/C21H25N7O/c1-14-18(15-4-19(29-3)20-16(5-22)6-24-27(20)8-15)7-25-28(14)17-9-26(10-17)13-21(2)11-23-12-21/h4,6-8,17,23H,9-13H2,1-3H3. The van der Waals surface area contributed by atoms with Gasteiger partial charge in [-0.25, -0.2) is 4.52 Å². The van der Waals surface area contributed by atoms with E-state index in [1.54, 1.807) is 17.8 Å². The molecule has 0 saturated carbocycles. The zero-order chi connectivity index (χ0) is 20.2. The predicted molar refractivity (Wildman–Crippen MR) is 109 cm³/mol. The lowest BCUT2D eigenvalue weighted by molar-refractivity contribution is 0.0298. The first kappa shape index (κ1) is 18.2. The van der Waals surface area contributed by atoms with Crippen molar-refractivity contribution in [3.63, 3.8) is 0 Å². The monoisotopic (exact) mass is 391 g/mol. The smallest absolute Gasteiger partial charge is 0.146 e. The third-order valence-corrected chi connectivity index (χ3v) is 6.27. The number of aromatic nitrogens is 4. The molecule has 0 unspecified atom stereocenters. The van der Waals surface area contributed by atoms with Crippen LogP contribution in [0.3, 0.4) is 0 Å². The minimum atomic E-state index is 0.418. The molecule has 0 aromatic carbocycles. The second-order valence-corrected chi connectivity index (χ2v) is 8.61. The maximum atomic E-state index is 9.30. The lowest BCUT2D eigenvalue weighted by Gasteiger charge is -2.48. The van der Waals surface area contributed by atoms with Crippen LogP contribution in [-0.4, -0.2) is 64.1 Å². The molecule has 8 heteroatoms. The Morgan fingerprint density at radius 1 is 1.31 bits per heavy atom. The second-order valence-electron chi connectivity index (χ2n) is 8.61. The van der Waals surface area contributed by atoms with Crippen molar-refractivity contribution in [2.24, 2.45) is 5.41 Å². The molecule has 0 amide bonds. The summed E-state index contributed by atoms with van der Waals surface area (Å²) in [5.74, 6) is 0.640. The fourth-order valence-corrected chi connectivity index (χ4v) is 4.57. The number of likely N-dealkylation sites (tertiary alicyclic amines) is 1. The third kappa shape index (κ3) is 2.89. The van der Waals surface area contributed by atoms with E-state index in [0.717, 1.165) is 49.5 Å². The van der Waals surface area contributed by atoms with Crippen molar-refractivity contribution in [2.45, 2.75) is 19.9 Å². The molecule has 1 N–H and O–H groups in total. The lowest BCUT2D eigenvalue weighted by Crippen LogP contribution is -2.61. The zero-order valence-corrected chi connectivity index (χ0v) is 17.0. The molecule has 0 radical (unpaired) electrons. The van der Waals surface area contributed by atoms with Crippen LogP contribution in [0.4, 0.5) is 0 Å². The van der Waals surface area contributed by atoms with Crippen LogP contribution in [0.1, 0.15) is 24.2 Å².